The number of hydrogen-bond acceptors (Lipinski definition) is 1. The fourth-order valence-corrected chi connectivity index (χ4v) is 1.67. The molecule has 1 aromatic carbocycles. The fourth-order valence-electron chi connectivity index (χ4n) is 1.20. The van der Waals surface area contributed by atoms with E-state index in [1.54, 1.807) is 12.1 Å². The molecule has 0 unspecified atom stereocenters. The molecule has 0 aromatic heterocycles. The molecule has 0 heterocycles. The molecule has 0 radical (unpaired) electrons. The summed E-state index contributed by atoms with van der Waals surface area (Å²) in [6, 6.07) is 4.83. The first-order valence-electron chi connectivity index (χ1n) is 4.35. The van der Waals surface area contributed by atoms with Gasteiger partial charge in [-0.1, -0.05) is 26.0 Å². The third-order valence-electron chi connectivity index (χ3n) is 1.84. The highest BCUT2D eigenvalue weighted by Gasteiger charge is 2.33. The molecule has 1 aromatic rings. The summed E-state index contributed by atoms with van der Waals surface area (Å²) < 4.78 is 40.7. The van der Waals surface area contributed by atoms with Crippen molar-refractivity contribution in [2.24, 2.45) is 0 Å². The van der Waals surface area contributed by atoms with Crippen LogP contribution in [0.4, 0.5) is 13.2 Å². The molecule has 84 valence electrons. The van der Waals surface area contributed by atoms with Crippen LogP contribution in [0.1, 0.15) is 25.3 Å². The Bertz CT molecular complexity index is 347. The summed E-state index contributed by atoms with van der Waals surface area (Å²) in [4.78, 5) is 0. The number of halogens is 4. The molecule has 0 spiro atoms. The predicted octanol–water partition coefficient (Wildman–Crippen LogP) is 4.47. The highest BCUT2D eigenvalue weighted by Crippen LogP contribution is 2.37. The molecule has 0 atom stereocenters. The maximum atomic E-state index is 12.1. The van der Waals surface area contributed by atoms with Crippen LogP contribution >= 0.6 is 15.9 Å². The molecule has 0 saturated heterocycles. The smallest absolute Gasteiger partial charge is 0.404 e. The maximum absolute atomic E-state index is 12.1. The Morgan fingerprint density at radius 1 is 1.27 bits per heavy atom. The van der Waals surface area contributed by atoms with Crippen molar-refractivity contribution in [2.75, 3.05) is 0 Å². The minimum absolute atomic E-state index is 0.0279. The molecule has 0 aliphatic heterocycles. The van der Waals surface area contributed by atoms with Gasteiger partial charge < -0.3 is 4.74 Å². The van der Waals surface area contributed by atoms with Gasteiger partial charge >= 0.3 is 6.36 Å². The van der Waals surface area contributed by atoms with E-state index in [1.165, 1.54) is 6.07 Å². The normalized spacial score (nSPS) is 11.9. The van der Waals surface area contributed by atoms with Crippen LogP contribution in [0.2, 0.25) is 0 Å². The second-order valence-corrected chi connectivity index (χ2v) is 4.22. The number of alkyl halides is 3. The van der Waals surface area contributed by atoms with Crippen molar-refractivity contribution in [1.29, 1.82) is 0 Å². The lowest BCUT2D eigenvalue weighted by Gasteiger charge is -2.16. The highest BCUT2D eigenvalue weighted by atomic mass is 79.9. The number of benzene rings is 1. The van der Waals surface area contributed by atoms with Gasteiger partial charge in [-0.3, -0.25) is 0 Å². The molecule has 1 nitrogen and oxygen atoms in total. The molecule has 1 rings (SSSR count). The van der Waals surface area contributed by atoms with E-state index >= 15 is 0 Å². The van der Waals surface area contributed by atoms with E-state index in [0.717, 1.165) is 0 Å². The molecule has 0 amide bonds. The van der Waals surface area contributed by atoms with Crippen LogP contribution in [0.3, 0.4) is 0 Å². The zero-order valence-corrected chi connectivity index (χ0v) is 9.82. The first-order valence-corrected chi connectivity index (χ1v) is 5.14. The Kier molecular flexibility index (Phi) is 3.65. The lowest BCUT2D eigenvalue weighted by Crippen LogP contribution is -2.18. The second kappa shape index (κ2) is 4.43. The maximum Gasteiger partial charge on any atom is 0.573 e. The molecular weight excluding hydrogens is 273 g/mol. The summed E-state index contributed by atoms with van der Waals surface area (Å²) in [5, 5.41) is 0. The third kappa shape index (κ3) is 3.41. The lowest BCUT2D eigenvalue weighted by molar-refractivity contribution is -0.275. The van der Waals surface area contributed by atoms with Gasteiger partial charge in [-0.2, -0.15) is 0 Å². The van der Waals surface area contributed by atoms with Crippen LogP contribution in [0.25, 0.3) is 0 Å². The first kappa shape index (κ1) is 12.4. The second-order valence-electron chi connectivity index (χ2n) is 3.36. The van der Waals surface area contributed by atoms with E-state index < -0.39 is 6.36 Å². The zero-order chi connectivity index (χ0) is 11.6. The van der Waals surface area contributed by atoms with Gasteiger partial charge in [0.25, 0.3) is 0 Å². The zero-order valence-electron chi connectivity index (χ0n) is 8.23. The summed E-state index contributed by atoms with van der Waals surface area (Å²) in [7, 11) is 0. The van der Waals surface area contributed by atoms with Crippen LogP contribution in [0, 0.1) is 0 Å². The molecular formula is C10H10BrF3O. The minimum atomic E-state index is -4.66. The number of rotatable bonds is 2. The van der Waals surface area contributed by atoms with Gasteiger partial charge in [-0.05, 0) is 33.5 Å². The van der Waals surface area contributed by atoms with Gasteiger partial charge in [0, 0.05) is 0 Å². The van der Waals surface area contributed by atoms with Gasteiger partial charge in [0.1, 0.15) is 5.75 Å². The molecule has 0 saturated carbocycles. The van der Waals surface area contributed by atoms with E-state index in [9.17, 15) is 13.2 Å². The van der Waals surface area contributed by atoms with Gasteiger partial charge in [-0.15, -0.1) is 13.2 Å². The summed E-state index contributed by atoms with van der Waals surface area (Å²) in [5.74, 6) is -0.181. The average molecular weight is 283 g/mol. The minimum Gasteiger partial charge on any atom is -0.404 e. The summed E-state index contributed by atoms with van der Waals surface area (Å²) in [5.41, 5.74) is 0.529. The van der Waals surface area contributed by atoms with Crippen LogP contribution < -0.4 is 4.74 Å². The number of hydrogen-bond donors (Lipinski definition) is 0. The van der Waals surface area contributed by atoms with E-state index in [1.807, 2.05) is 13.8 Å². The molecule has 0 bridgehead atoms. The van der Waals surface area contributed by atoms with Crippen LogP contribution in [-0.2, 0) is 0 Å². The van der Waals surface area contributed by atoms with E-state index in [0.29, 0.717) is 10.0 Å². The predicted molar refractivity (Wildman–Crippen MR) is 54.9 cm³/mol. The Labute approximate surface area is 94.4 Å². The Hall–Kier alpha value is -0.710. The van der Waals surface area contributed by atoms with E-state index in [-0.39, 0.29) is 11.7 Å². The van der Waals surface area contributed by atoms with Crippen LogP contribution in [0.5, 0.6) is 5.75 Å². The molecule has 5 heteroatoms. The van der Waals surface area contributed by atoms with Gasteiger partial charge in [0.05, 0.1) is 4.47 Å². The van der Waals surface area contributed by atoms with E-state index in [4.69, 9.17) is 0 Å². The monoisotopic (exact) mass is 282 g/mol. The van der Waals surface area contributed by atoms with Gasteiger partial charge in [-0.25, -0.2) is 0 Å². The summed E-state index contributed by atoms with van der Waals surface area (Å²) in [6.45, 7) is 3.62. The largest absolute Gasteiger partial charge is 0.573 e. The topological polar surface area (TPSA) is 9.23 Å². The molecule has 0 N–H and O–H groups in total. The molecule has 0 fully saturated rings. The molecule has 0 aliphatic carbocycles. The quantitative estimate of drug-likeness (QED) is 0.778. The van der Waals surface area contributed by atoms with Gasteiger partial charge in [0.15, 0.2) is 0 Å². The SMILES string of the molecule is CC(C)c1cccc(Br)c1OC(F)(F)F. The fraction of sp³-hybridized carbons (Fsp3) is 0.400. The van der Waals surface area contributed by atoms with Crippen molar-refractivity contribution in [2.45, 2.75) is 26.1 Å². The molecule has 15 heavy (non-hydrogen) atoms. The summed E-state index contributed by atoms with van der Waals surface area (Å²) >= 11 is 3.04. The Morgan fingerprint density at radius 3 is 2.33 bits per heavy atom. The van der Waals surface area contributed by atoms with Crippen molar-refractivity contribution < 1.29 is 17.9 Å². The first-order chi connectivity index (χ1) is 6.81. The van der Waals surface area contributed by atoms with Crippen LogP contribution in [-0.4, -0.2) is 6.36 Å². The molecule has 0 aliphatic rings. The van der Waals surface area contributed by atoms with Crippen molar-refractivity contribution in [1.82, 2.24) is 0 Å². The van der Waals surface area contributed by atoms with Crippen LogP contribution in [0.15, 0.2) is 22.7 Å². The number of ether oxygens (including phenoxy) is 1. The van der Waals surface area contributed by atoms with Crippen molar-refractivity contribution in [3.8, 4) is 5.75 Å². The lowest BCUT2D eigenvalue weighted by atomic mass is 10.0. The standard InChI is InChI=1S/C10H10BrF3O/c1-6(2)7-4-3-5-8(11)9(7)15-10(12,13)14/h3-6H,1-2H3. The third-order valence-corrected chi connectivity index (χ3v) is 2.46. The van der Waals surface area contributed by atoms with Gasteiger partial charge in [0.2, 0.25) is 0 Å². The average Bonchev–Trinajstić information content (AvgIpc) is 2.05. The van der Waals surface area contributed by atoms with E-state index in [2.05, 4.69) is 20.7 Å². The highest BCUT2D eigenvalue weighted by molar-refractivity contribution is 9.10. The Morgan fingerprint density at radius 2 is 1.87 bits per heavy atom. The number of para-hydroxylation sites is 1. The van der Waals surface area contributed by atoms with Crippen molar-refractivity contribution >= 4 is 15.9 Å². The van der Waals surface area contributed by atoms with Crippen molar-refractivity contribution in [3.05, 3.63) is 28.2 Å². The summed E-state index contributed by atoms with van der Waals surface area (Å²) in [6.07, 6.45) is -4.66. The Balaban J connectivity index is 3.14. The van der Waals surface area contributed by atoms with Crippen molar-refractivity contribution in [3.63, 3.8) is 0 Å².